The maximum atomic E-state index is 13.5. The van der Waals surface area contributed by atoms with Gasteiger partial charge in [-0.15, -0.1) is 0 Å². The number of aliphatic hydroxyl groups excluding tert-OH is 1. The lowest BCUT2D eigenvalue weighted by atomic mass is 10.0. The number of hydrogen-bond donors (Lipinski definition) is 2. The van der Waals surface area contributed by atoms with Gasteiger partial charge in [0.2, 0.25) is 0 Å². The summed E-state index contributed by atoms with van der Waals surface area (Å²) in [4.78, 5) is 66.3. The zero-order valence-corrected chi connectivity index (χ0v) is 28.4. The van der Waals surface area contributed by atoms with Crippen LogP contribution in [0.25, 0.3) is 0 Å². The van der Waals surface area contributed by atoms with Crippen LogP contribution in [0.3, 0.4) is 0 Å². The molecule has 1 aliphatic rings. The van der Waals surface area contributed by atoms with Crippen LogP contribution in [0.2, 0.25) is 0 Å². The van der Waals surface area contributed by atoms with Gasteiger partial charge >= 0.3 is 29.8 Å². The summed E-state index contributed by atoms with van der Waals surface area (Å²) >= 11 is 0. The third-order valence-corrected chi connectivity index (χ3v) is 7.88. The first-order valence-corrected chi connectivity index (χ1v) is 16.5. The predicted molar refractivity (Wildman–Crippen MR) is 187 cm³/mol. The molecule has 13 heteroatoms. The van der Waals surface area contributed by atoms with E-state index in [1.54, 1.807) is 84.9 Å². The standard InChI is InChI=1S/C40H35NO12/c1-2-48-39(46)30(31(41)40(47)49-23-25-15-7-3-8-16-25)32(42)34-35(53-38(45)28-21-13-6-14-22-28)33(52-37(44)27-19-11-5-12-20-27)29(51-34)24-50-36(43)26-17-9-4-10-18-26/h3-22,29,33-35,41-42H,2,23-24H2,1H3/b32-30-,41-31?/t29-,33-,34+,35-/m1/s1. The van der Waals surface area contributed by atoms with Gasteiger partial charge in [-0.3, -0.25) is 5.41 Å². The van der Waals surface area contributed by atoms with Gasteiger partial charge in [-0.05, 0) is 48.9 Å². The third kappa shape index (κ3) is 9.60. The van der Waals surface area contributed by atoms with E-state index in [1.807, 2.05) is 0 Å². The second-order valence-electron chi connectivity index (χ2n) is 11.4. The molecule has 4 atom stereocenters. The van der Waals surface area contributed by atoms with Gasteiger partial charge in [0.05, 0.1) is 23.3 Å². The molecule has 0 spiro atoms. The van der Waals surface area contributed by atoms with Gasteiger partial charge in [0.15, 0.2) is 24.0 Å². The van der Waals surface area contributed by atoms with Gasteiger partial charge in [0.1, 0.15) is 30.6 Å². The van der Waals surface area contributed by atoms with Gasteiger partial charge in [0, 0.05) is 0 Å². The normalized spacial score (nSPS) is 18.1. The number of carbonyl (C=O) groups excluding carboxylic acids is 5. The Labute approximate surface area is 304 Å². The predicted octanol–water partition coefficient (Wildman–Crippen LogP) is 5.20. The minimum atomic E-state index is -1.86. The van der Waals surface area contributed by atoms with Gasteiger partial charge in [-0.1, -0.05) is 84.9 Å². The summed E-state index contributed by atoms with van der Waals surface area (Å²) in [7, 11) is 0. The van der Waals surface area contributed by atoms with Crippen LogP contribution < -0.4 is 0 Å². The van der Waals surface area contributed by atoms with E-state index in [4.69, 9.17) is 33.8 Å². The number of carbonyl (C=O) groups is 5. The molecule has 0 aromatic heterocycles. The summed E-state index contributed by atoms with van der Waals surface area (Å²) in [6, 6.07) is 32.1. The molecule has 1 aliphatic heterocycles. The minimum Gasteiger partial charge on any atom is -0.508 e. The molecular weight excluding hydrogens is 686 g/mol. The van der Waals surface area contributed by atoms with Crippen molar-refractivity contribution in [1.82, 2.24) is 0 Å². The summed E-state index contributed by atoms with van der Waals surface area (Å²) in [5.74, 6) is -6.23. The lowest BCUT2D eigenvalue weighted by Gasteiger charge is -2.25. The molecule has 0 aliphatic carbocycles. The van der Waals surface area contributed by atoms with E-state index in [1.165, 1.54) is 43.3 Å². The summed E-state index contributed by atoms with van der Waals surface area (Å²) in [6.07, 6.45) is -6.58. The van der Waals surface area contributed by atoms with Crippen molar-refractivity contribution in [3.63, 3.8) is 0 Å². The summed E-state index contributed by atoms with van der Waals surface area (Å²) < 4.78 is 33.6. The molecule has 0 bridgehead atoms. The van der Waals surface area contributed by atoms with Crippen LogP contribution in [-0.4, -0.2) is 78.3 Å². The van der Waals surface area contributed by atoms with Crippen LogP contribution in [0.4, 0.5) is 0 Å². The van der Waals surface area contributed by atoms with Crippen LogP contribution in [0.1, 0.15) is 43.6 Å². The van der Waals surface area contributed by atoms with E-state index in [2.05, 4.69) is 0 Å². The lowest BCUT2D eigenvalue weighted by molar-refractivity contribution is -0.140. The Morgan fingerprint density at radius 2 is 1.09 bits per heavy atom. The number of aliphatic hydroxyl groups is 1. The minimum absolute atomic E-state index is 0.0738. The Kier molecular flexibility index (Phi) is 12.8. The Balaban J connectivity index is 1.54. The Hall–Kier alpha value is -6.60. The highest BCUT2D eigenvalue weighted by atomic mass is 16.7. The smallest absolute Gasteiger partial charge is 0.357 e. The van der Waals surface area contributed by atoms with Crippen molar-refractivity contribution in [1.29, 1.82) is 5.41 Å². The van der Waals surface area contributed by atoms with Gasteiger partial charge in [-0.2, -0.15) is 0 Å². The number of rotatable bonds is 14. The molecule has 4 aromatic rings. The molecule has 1 saturated heterocycles. The first-order chi connectivity index (χ1) is 25.7. The van der Waals surface area contributed by atoms with Crippen LogP contribution >= 0.6 is 0 Å². The second kappa shape index (κ2) is 18.1. The molecule has 2 N–H and O–H groups in total. The number of ether oxygens (including phenoxy) is 6. The Bertz CT molecular complexity index is 1950. The molecule has 0 unspecified atom stereocenters. The Morgan fingerprint density at radius 3 is 1.60 bits per heavy atom. The molecular formula is C40H35NO12. The number of esters is 5. The topological polar surface area (TPSA) is 185 Å². The molecule has 272 valence electrons. The fourth-order valence-electron chi connectivity index (χ4n) is 5.28. The number of nitrogens with one attached hydrogen (secondary N) is 1. The molecule has 0 amide bonds. The largest absolute Gasteiger partial charge is 0.508 e. The summed E-state index contributed by atoms with van der Waals surface area (Å²) in [5.41, 5.74) is -1.08. The average molecular weight is 722 g/mol. The second-order valence-corrected chi connectivity index (χ2v) is 11.4. The highest BCUT2D eigenvalue weighted by molar-refractivity contribution is 6.48. The zero-order chi connectivity index (χ0) is 37.7. The van der Waals surface area contributed by atoms with Crippen molar-refractivity contribution in [2.75, 3.05) is 13.2 Å². The van der Waals surface area contributed by atoms with Crippen molar-refractivity contribution in [3.8, 4) is 0 Å². The van der Waals surface area contributed by atoms with Crippen molar-refractivity contribution < 1.29 is 57.5 Å². The van der Waals surface area contributed by atoms with Crippen molar-refractivity contribution in [2.45, 2.75) is 37.9 Å². The number of hydrogen-bond acceptors (Lipinski definition) is 13. The van der Waals surface area contributed by atoms with Crippen LogP contribution in [0, 0.1) is 5.41 Å². The van der Waals surface area contributed by atoms with Crippen LogP contribution in [0.5, 0.6) is 0 Å². The SMILES string of the molecule is CCOC(=O)/C(C(=N)C(=O)OCc1ccccc1)=C(\O)[C@@H]1O[C@H](COC(=O)c2ccccc2)[C@@H](OC(=O)c2ccccc2)[C@H]1OC(=O)c1ccccc1. The Morgan fingerprint density at radius 1 is 0.623 bits per heavy atom. The van der Waals surface area contributed by atoms with Crippen LogP contribution in [-0.2, 0) is 44.6 Å². The molecule has 0 radical (unpaired) electrons. The first-order valence-electron chi connectivity index (χ1n) is 16.5. The monoisotopic (exact) mass is 721 g/mol. The molecule has 1 heterocycles. The highest BCUT2D eigenvalue weighted by Crippen LogP contribution is 2.34. The summed E-state index contributed by atoms with van der Waals surface area (Å²) in [6.45, 7) is 0.406. The maximum Gasteiger partial charge on any atom is 0.357 e. The van der Waals surface area contributed by atoms with E-state index in [0.717, 1.165) is 0 Å². The fourth-order valence-corrected chi connectivity index (χ4v) is 5.28. The average Bonchev–Trinajstić information content (AvgIpc) is 3.53. The van der Waals surface area contributed by atoms with Gasteiger partial charge in [0.25, 0.3) is 0 Å². The molecule has 1 fully saturated rings. The first kappa shape index (κ1) is 37.7. The van der Waals surface area contributed by atoms with Gasteiger partial charge in [-0.25, -0.2) is 24.0 Å². The summed E-state index contributed by atoms with van der Waals surface area (Å²) in [5, 5.41) is 20.4. The lowest BCUT2D eigenvalue weighted by Crippen LogP contribution is -2.43. The van der Waals surface area contributed by atoms with E-state index in [-0.39, 0.29) is 29.9 Å². The molecule has 4 aromatic carbocycles. The van der Waals surface area contributed by atoms with Gasteiger partial charge < -0.3 is 33.5 Å². The third-order valence-electron chi connectivity index (χ3n) is 7.88. The van der Waals surface area contributed by atoms with Crippen molar-refractivity contribution in [3.05, 3.63) is 155 Å². The number of benzene rings is 4. The zero-order valence-electron chi connectivity index (χ0n) is 28.4. The maximum absolute atomic E-state index is 13.5. The van der Waals surface area contributed by atoms with Crippen molar-refractivity contribution in [2.24, 2.45) is 0 Å². The van der Waals surface area contributed by atoms with E-state index in [0.29, 0.717) is 5.56 Å². The van der Waals surface area contributed by atoms with E-state index in [9.17, 15) is 29.1 Å². The molecule has 0 saturated carbocycles. The molecule has 53 heavy (non-hydrogen) atoms. The van der Waals surface area contributed by atoms with E-state index < -0.39 is 77.9 Å². The molecule has 13 nitrogen and oxygen atoms in total. The highest BCUT2D eigenvalue weighted by Gasteiger charge is 2.53. The van der Waals surface area contributed by atoms with E-state index >= 15 is 0 Å². The molecule has 5 rings (SSSR count). The fraction of sp³-hybridized carbons (Fsp3) is 0.200. The quantitative estimate of drug-likeness (QED) is 0.0571. The van der Waals surface area contributed by atoms with Crippen LogP contribution in [0.15, 0.2) is 133 Å². The van der Waals surface area contributed by atoms with Crippen molar-refractivity contribution >= 4 is 35.6 Å².